The van der Waals surface area contributed by atoms with Gasteiger partial charge in [0.25, 0.3) is 0 Å². The van der Waals surface area contributed by atoms with Crippen LogP contribution in [0.1, 0.15) is 16.7 Å². The largest absolute Gasteiger partial charge is 0.398 e. The van der Waals surface area contributed by atoms with E-state index >= 15 is 0 Å². The molecule has 3 N–H and O–H groups in total. The maximum absolute atomic E-state index is 12.5. The number of nitrogens with zero attached hydrogens (tertiary/aromatic N) is 2. The second kappa shape index (κ2) is 5.87. The van der Waals surface area contributed by atoms with E-state index in [9.17, 15) is 8.42 Å². The number of nitrogens with one attached hydrogen (secondary N) is 1. The van der Waals surface area contributed by atoms with E-state index in [1.54, 1.807) is 38.6 Å². The van der Waals surface area contributed by atoms with Gasteiger partial charge < -0.3 is 10.3 Å². The zero-order valence-electron chi connectivity index (χ0n) is 12.4. The lowest BCUT2D eigenvalue weighted by Crippen LogP contribution is -2.28. The molecule has 114 valence electrons. The van der Waals surface area contributed by atoms with E-state index < -0.39 is 10.0 Å². The first-order chi connectivity index (χ1) is 9.83. The number of aryl methyl sites for hydroxylation is 1. The number of hydrogen-bond acceptors (Lipinski definition) is 4. The van der Waals surface area contributed by atoms with E-state index in [4.69, 9.17) is 5.73 Å². The van der Waals surface area contributed by atoms with Crippen LogP contribution < -0.4 is 10.5 Å². The molecule has 1 aromatic carbocycles. The molecule has 0 saturated carbocycles. The van der Waals surface area contributed by atoms with E-state index in [1.165, 1.54) is 0 Å². The molecule has 0 bridgehead atoms. The molecule has 0 amide bonds. The highest BCUT2D eigenvalue weighted by molar-refractivity contribution is 7.89. The third-order valence-corrected chi connectivity index (χ3v) is 5.30. The van der Waals surface area contributed by atoms with Gasteiger partial charge in [-0.05, 0) is 43.5 Å². The summed E-state index contributed by atoms with van der Waals surface area (Å²) in [4.78, 5) is 4.20. The molecular weight excluding hydrogens is 288 g/mol. The van der Waals surface area contributed by atoms with Crippen molar-refractivity contribution in [1.29, 1.82) is 0 Å². The summed E-state index contributed by atoms with van der Waals surface area (Å²) in [5, 5.41) is 0. The van der Waals surface area contributed by atoms with Crippen molar-refractivity contribution in [2.24, 2.45) is 0 Å². The number of hydrogen-bond donors (Lipinski definition) is 2. The maximum atomic E-state index is 12.5. The van der Waals surface area contributed by atoms with Crippen molar-refractivity contribution in [3.05, 3.63) is 41.5 Å². The Morgan fingerprint density at radius 1 is 1.29 bits per heavy atom. The summed E-state index contributed by atoms with van der Waals surface area (Å²) in [6.45, 7) is 6.21. The van der Waals surface area contributed by atoms with Gasteiger partial charge in [0.15, 0.2) is 0 Å². The van der Waals surface area contributed by atoms with Gasteiger partial charge in [0.2, 0.25) is 10.0 Å². The summed E-state index contributed by atoms with van der Waals surface area (Å²) in [6.07, 6.45) is 5.09. The van der Waals surface area contributed by atoms with Crippen LogP contribution in [-0.2, 0) is 16.6 Å². The molecule has 0 atom stereocenters. The number of nitrogens with two attached hydrogens (primary N) is 1. The Kier molecular flexibility index (Phi) is 4.34. The second-order valence-corrected chi connectivity index (χ2v) is 6.76. The summed E-state index contributed by atoms with van der Waals surface area (Å²) >= 11 is 0. The van der Waals surface area contributed by atoms with E-state index in [2.05, 4.69) is 9.71 Å². The minimum atomic E-state index is -3.58. The number of sulfonamides is 1. The van der Waals surface area contributed by atoms with Crippen LogP contribution >= 0.6 is 0 Å². The summed E-state index contributed by atoms with van der Waals surface area (Å²) in [5.74, 6) is 0. The topological polar surface area (TPSA) is 90.0 Å². The Labute approximate surface area is 125 Å². The van der Waals surface area contributed by atoms with Crippen LogP contribution in [0.15, 0.2) is 29.7 Å². The van der Waals surface area contributed by atoms with Crippen molar-refractivity contribution in [1.82, 2.24) is 14.3 Å². The summed E-state index contributed by atoms with van der Waals surface area (Å²) in [6, 6.07) is 1.80. The Balaban J connectivity index is 2.23. The van der Waals surface area contributed by atoms with Crippen molar-refractivity contribution in [3.63, 3.8) is 0 Å². The van der Waals surface area contributed by atoms with Crippen LogP contribution in [0, 0.1) is 20.8 Å². The Morgan fingerprint density at radius 2 is 2.00 bits per heavy atom. The average Bonchev–Trinajstić information content (AvgIpc) is 2.89. The van der Waals surface area contributed by atoms with Crippen LogP contribution in [0.3, 0.4) is 0 Å². The van der Waals surface area contributed by atoms with E-state index in [0.717, 1.165) is 11.1 Å². The van der Waals surface area contributed by atoms with E-state index in [-0.39, 0.29) is 4.90 Å². The molecule has 0 aliphatic rings. The molecule has 0 radical (unpaired) electrons. The van der Waals surface area contributed by atoms with Crippen LogP contribution in [0.2, 0.25) is 0 Å². The lowest BCUT2D eigenvalue weighted by Gasteiger charge is -2.16. The molecule has 7 heteroatoms. The lowest BCUT2D eigenvalue weighted by molar-refractivity contribution is 0.571. The molecule has 0 aliphatic carbocycles. The second-order valence-electron chi connectivity index (χ2n) is 5.06. The molecule has 0 fully saturated rings. The van der Waals surface area contributed by atoms with Gasteiger partial charge in [-0.3, -0.25) is 0 Å². The number of nitrogen functional groups attached to an aromatic ring is 1. The van der Waals surface area contributed by atoms with Crippen molar-refractivity contribution < 1.29 is 8.42 Å². The van der Waals surface area contributed by atoms with Gasteiger partial charge in [-0.2, -0.15) is 0 Å². The quantitative estimate of drug-likeness (QED) is 0.816. The SMILES string of the molecule is Cc1cc(N)c(C)c(S(=O)(=O)NCCn2ccnc2)c1C. The fourth-order valence-electron chi connectivity index (χ4n) is 2.24. The molecule has 1 aromatic heterocycles. The van der Waals surface area contributed by atoms with Gasteiger partial charge in [0.1, 0.15) is 0 Å². The van der Waals surface area contributed by atoms with Crippen molar-refractivity contribution >= 4 is 15.7 Å². The van der Waals surface area contributed by atoms with Gasteiger partial charge in [-0.1, -0.05) is 0 Å². The normalized spacial score (nSPS) is 11.8. The minimum Gasteiger partial charge on any atom is -0.398 e. The Hall–Kier alpha value is -1.86. The van der Waals surface area contributed by atoms with Gasteiger partial charge in [-0.15, -0.1) is 0 Å². The zero-order valence-corrected chi connectivity index (χ0v) is 13.2. The van der Waals surface area contributed by atoms with E-state index in [1.807, 2.05) is 11.5 Å². The Bertz CT molecular complexity index is 711. The third-order valence-electron chi connectivity index (χ3n) is 3.57. The molecule has 2 aromatic rings. The average molecular weight is 308 g/mol. The van der Waals surface area contributed by atoms with Crippen molar-refractivity contribution in [2.45, 2.75) is 32.2 Å². The smallest absolute Gasteiger partial charge is 0.241 e. The first-order valence-corrected chi connectivity index (χ1v) is 8.13. The van der Waals surface area contributed by atoms with E-state index in [0.29, 0.717) is 24.3 Å². The maximum Gasteiger partial charge on any atom is 0.241 e. The number of rotatable bonds is 5. The highest BCUT2D eigenvalue weighted by Gasteiger charge is 2.21. The third kappa shape index (κ3) is 3.25. The molecule has 0 saturated heterocycles. The molecule has 1 heterocycles. The molecular formula is C14H20N4O2S. The number of aromatic nitrogens is 2. The van der Waals surface area contributed by atoms with Gasteiger partial charge in [-0.25, -0.2) is 18.1 Å². The van der Waals surface area contributed by atoms with Gasteiger partial charge in [0, 0.05) is 31.2 Å². The fraction of sp³-hybridized carbons (Fsp3) is 0.357. The Morgan fingerprint density at radius 3 is 2.62 bits per heavy atom. The summed E-state index contributed by atoms with van der Waals surface area (Å²) in [7, 11) is -3.58. The summed E-state index contributed by atoms with van der Waals surface area (Å²) < 4.78 is 29.5. The number of anilines is 1. The summed E-state index contributed by atoms with van der Waals surface area (Å²) in [5.41, 5.74) is 8.57. The van der Waals surface area contributed by atoms with Crippen LogP contribution in [-0.4, -0.2) is 24.5 Å². The highest BCUT2D eigenvalue weighted by Crippen LogP contribution is 2.27. The van der Waals surface area contributed by atoms with Crippen LogP contribution in [0.5, 0.6) is 0 Å². The monoisotopic (exact) mass is 308 g/mol. The van der Waals surface area contributed by atoms with Crippen LogP contribution in [0.4, 0.5) is 5.69 Å². The molecule has 21 heavy (non-hydrogen) atoms. The number of imidazole rings is 1. The molecule has 0 unspecified atom stereocenters. The predicted molar refractivity (Wildman–Crippen MR) is 82.5 cm³/mol. The highest BCUT2D eigenvalue weighted by atomic mass is 32.2. The molecule has 6 nitrogen and oxygen atoms in total. The molecule has 0 aliphatic heterocycles. The van der Waals surface area contributed by atoms with Gasteiger partial charge in [0.05, 0.1) is 11.2 Å². The standard InChI is InChI=1S/C14H20N4O2S/c1-10-8-13(15)12(3)14(11(10)2)21(19,20)17-5-7-18-6-4-16-9-18/h4,6,8-9,17H,5,7,15H2,1-3H3. The first kappa shape index (κ1) is 15.5. The first-order valence-electron chi connectivity index (χ1n) is 6.64. The zero-order chi connectivity index (χ0) is 15.6. The molecule has 2 rings (SSSR count). The number of benzene rings is 1. The molecule has 0 spiro atoms. The predicted octanol–water partition coefficient (Wildman–Crippen LogP) is 1.37. The fourth-order valence-corrected chi connectivity index (χ4v) is 3.83. The minimum absolute atomic E-state index is 0.283. The van der Waals surface area contributed by atoms with Crippen molar-refractivity contribution in [2.75, 3.05) is 12.3 Å². The van der Waals surface area contributed by atoms with Crippen molar-refractivity contribution in [3.8, 4) is 0 Å². The van der Waals surface area contributed by atoms with Gasteiger partial charge >= 0.3 is 0 Å². The van der Waals surface area contributed by atoms with Crippen LogP contribution in [0.25, 0.3) is 0 Å². The lowest BCUT2D eigenvalue weighted by atomic mass is 10.1.